The number of carbonyl (C=O) groups excluding carboxylic acids is 1. The van der Waals surface area contributed by atoms with Crippen molar-refractivity contribution in [3.8, 4) is 0 Å². The van der Waals surface area contributed by atoms with Gasteiger partial charge in [-0.2, -0.15) is 0 Å². The Morgan fingerprint density at radius 2 is 2.10 bits per heavy atom. The van der Waals surface area contributed by atoms with Gasteiger partial charge >= 0.3 is 0 Å². The minimum absolute atomic E-state index is 0.00111. The van der Waals surface area contributed by atoms with Crippen LogP contribution < -0.4 is 5.73 Å². The number of hydrogen-bond donors (Lipinski definition) is 2. The number of aliphatic hydroxyl groups is 1. The van der Waals surface area contributed by atoms with Crippen LogP contribution in [0.4, 0.5) is 0 Å². The predicted octanol–water partition coefficient (Wildman–Crippen LogP) is -0.0788. The Bertz CT molecular complexity index is 112. The fourth-order valence-corrected chi connectivity index (χ4v) is 0.551. The van der Waals surface area contributed by atoms with Crippen molar-refractivity contribution < 1.29 is 9.90 Å². The lowest BCUT2D eigenvalue weighted by Crippen LogP contribution is -2.24. The third kappa shape index (κ3) is 3.58. The summed E-state index contributed by atoms with van der Waals surface area (Å²) >= 11 is 0. The molecule has 3 nitrogen and oxygen atoms in total. The van der Waals surface area contributed by atoms with Gasteiger partial charge in [0.15, 0.2) is 0 Å². The van der Waals surface area contributed by atoms with E-state index in [1.165, 1.54) is 0 Å². The standard InChI is InChI=1S/C7H15NO2/c1-5(2)7(10)3-6(9)4-8/h5-6,9H,3-4,8H2,1-2H3/t6-/m0/s1. The third-order valence-electron chi connectivity index (χ3n) is 1.35. The van der Waals surface area contributed by atoms with Gasteiger partial charge in [-0.1, -0.05) is 13.8 Å². The molecule has 0 spiro atoms. The Morgan fingerprint density at radius 1 is 1.60 bits per heavy atom. The molecule has 0 amide bonds. The molecule has 0 aromatic rings. The molecule has 1 atom stereocenters. The fourth-order valence-electron chi connectivity index (χ4n) is 0.551. The summed E-state index contributed by atoms with van der Waals surface area (Å²) in [5.41, 5.74) is 5.12. The van der Waals surface area contributed by atoms with E-state index in [2.05, 4.69) is 0 Å². The average molecular weight is 145 g/mol. The summed E-state index contributed by atoms with van der Waals surface area (Å²) in [6, 6.07) is 0. The first-order chi connectivity index (χ1) is 4.57. The van der Waals surface area contributed by atoms with E-state index in [1.807, 2.05) is 13.8 Å². The quantitative estimate of drug-likeness (QED) is 0.581. The van der Waals surface area contributed by atoms with Crippen LogP contribution in [0.3, 0.4) is 0 Å². The molecule has 3 N–H and O–H groups in total. The summed E-state index contributed by atoms with van der Waals surface area (Å²) in [7, 11) is 0. The van der Waals surface area contributed by atoms with Crippen molar-refractivity contribution in [2.24, 2.45) is 11.7 Å². The summed E-state index contributed by atoms with van der Waals surface area (Å²) in [4.78, 5) is 10.9. The zero-order chi connectivity index (χ0) is 8.15. The molecule has 0 rings (SSSR count). The van der Waals surface area contributed by atoms with Crippen molar-refractivity contribution in [2.75, 3.05) is 6.54 Å². The van der Waals surface area contributed by atoms with Crippen LogP contribution in [0.1, 0.15) is 20.3 Å². The lowest BCUT2D eigenvalue weighted by atomic mass is 10.0. The number of nitrogens with two attached hydrogens (primary N) is 1. The van der Waals surface area contributed by atoms with Gasteiger partial charge in [-0.15, -0.1) is 0 Å². The van der Waals surface area contributed by atoms with Crippen molar-refractivity contribution in [3.63, 3.8) is 0 Å². The van der Waals surface area contributed by atoms with Crippen LogP contribution in [-0.2, 0) is 4.79 Å². The van der Waals surface area contributed by atoms with Gasteiger partial charge in [0, 0.05) is 18.9 Å². The van der Waals surface area contributed by atoms with Gasteiger partial charge in [0.05, 0.1) is 6.10 Å². The summed E-state index contributed by atoms with van der Waals surface area (Å²) < 4.78 is 0. The summed E-state index contributed by atoms with van der Waals surface area (Å²) in [5.74, 6) is 0.0687. The van der Waals surface area contributed by atoms with Crippen molar-refractivity contribution in [3.05, 3.63) is 0 Å². The number of rotatable bonds is 4. The van der Waals surface area contributed by atoms with Crippen LogP contribution in [0, 0.1) is 5.92 Å². The first-order valence-electron chi connectivity index (χ1n) is 3.48. The first-order valence-corrected chi connectivity index (χ1v) is 3.48. The predicted molar refractivity (Wildman–Crippen MR) is 39.5 cm³/mol. The zero-order valence-corrected chi connectivity index (χ0v) is 6.50. The Labute approximate surface area is 61.2 Å². The largest absolute Gasteiger partial charge is 0.391 e. The second-order valence-electron chi connectivity index (χ2n) is 2.71. The Hall–Kier alpha value is -0.410. The van der Waals surface area contributed by atoms with E-state index in [9.17, 15) is 4.79 Å². The van der Waals surface area contributed by atoms with Crippen LogP contribution in [0.25, 0.3) is 0 Å². The van der Waals surface area contributed by atoms with Crippen molar-refractivity contribution in [1.29, 1.82) is 0 Å². The monoisotopic (exact) mass is 145 g/mol. The van der Waals surface area contributed by atoms with Gasteiger partial charge < -0.3 is 10.8 Å². The molecule has 0 saturated carbocycles. The molecule has 0 aliphatic rings. The van der Waals surface area contributed by atoms with Crippen LogP contribution in [-0.4, -0.2) is 23.5 Å². The molecule has 0 unspecified atom stereocenters. The minimum atomic E-state index is -0.658. The van der Waals surface area contributed by atoms with Gasteiger partial charge in [0.25, 0.3) is 0 Å². The molecule has 3 heteroatoms. The molecule has 0 saturated heterocycles. The van der Waals surface area contributed by atoms with E-state index >= 15 is 0 Å². The SMILES string of the molecule is CC(C)C(=O)C[C@H](O)CN. The van der Waals surface area contributed by atoms with E-state index in [-0.39, 0.29) is 24.7 Å². The molecule has 0 aromatic carbocycles. The maximum absolute atomic E-state index is 10.9. The summed E-state index contributed by atoms with van der Waals surface area (Å²) in [5, 5.41) is 8.93. The molecule has 0 aromatic heterocycles. The van der Waals surface area contributed by atoms with Crippen LogP contribution in [0.15, 0.2) is 0 Å². The Morgan fingerprint density at radius 3 is 2.40 bits per heavy atom. The molecular weight excluding hydrogens is 130 g/mol. The number of ketones is 1. The Balaban J connectivity index is 3.57. The van der Waals surface area contributed by atoms with Crippen LogP contribution in [0.2, 0.25) is 0 Å². The Kier molecular flexibility index (Phi) is 4.23. The zero-order valence-electron chi connectivity index (χ0n) is 6.50. The van der Waals surface area contributed by atoms with Gasteiger partial charge in [-0.3, -0.25) is 4.79 Å². The van der Waals surface area contributed by atoms with E-state index in [4.69, 9.17) is 10.8 Å². The highest BCUT2D eigenvalue weighted by Crippen LogP contribution is 2.00. The topological polar surface area (TPSA) is 63.3 Å². The molecule has 10 heavy (non-hydrogen) atoms. The minimum Gasteiger partial charge on any atom is -0.391 e. The number of hydrogen-bond acceptors (Lipinski definition) is 3. The molecule has 0 radical (unpaired) electrons. The highest BCUT2D eigenvalue weighted by Gasteiger charge is 2.11. The normalized spacial score (nSPS) is 13.7. The number of carbonyl (C=O) groups is 1. The van der Waals surface area contributed by atoms with Gasteiger partial charge in [0.2, 0.25) is 0 Å². The lowest BCUT2D eigenvalue weighted by molar-refractivity contribution is -0.123. The molecule has 0 heterocycles. The second-order valence-corrected chi connectivity index (χ2v) is 2.71. The van der Waals surface area contributed by atoms with Gasteiger partial charge in [-0.05, 0) is 0 Å². The first kappa shape index (κ1) is 9.59. The highest BCUT2D eigenvalue weighted by atomic mass is 16.3. The van der Waals surface area contributed by atoms with Crippen molar-refractivity contribution in [2.45, 2.75) is 26.4 Å². The van der Waals surface area contributed by atoms with Crippen LogP contribution >= 0.6 is 0 Å². The number of Topliss-reactive ketones (excluding diaryl/α,β-unsaturated/α-hetero) is 1. The average Bonchev–Trinajstić information content (AvgIpc) is 1.87. The lowest BCUT2D eigenvalue weighted by Gasteiger charge is -2.07. The maximum atomic E-state index is 10.9. The van der Waals surface area contributed by atoms with Crippen LogP contribution in [0.5, 0.6) is 0 Å². The molecular formula is C7H15NO2. The molecule has 0 aliphatic heterocycles. The van der Waals surface area contributed by atoms with E-state index in [0.29, 0.717) is 0 Å². The van der Waals surface area contributed by atoms with Crippen molar-refractivity contribution >= 4 is 5.78 Å². The van der Waals surface area contributed by atoms with Crippen molar-refractivity contribution in [1.82, 2.24) is 0 Å². The molecule has 60 valence electrons. The smallest absolute Gasteiger partial charge is 0.138 e. The van der Waals surface area contributed by atoms with E-state index in [0.717, 1.165) is 0 Å². The van der Waals surface area contributed by atoms with E-state index in [1.54, 1.807) is 0 Å². The fraction of sp³-hybridized carbons (Fsp3) is 0.857. The summed E-state index contributed by atoms with van der Waals surface area (Å²) in [6.07, 6.45) is -0.469. The van der Waals surface area contributed by atoms with Gasteiger partial charge in [0.1, 0.15) is 5.78 Å². The molecule has 0 bridgehead atoms. The highest BCUT2D eigenvalue weighted by molar-refractivity contribution is 5.80. The molecule has 0 fully saturated rings. The molecule has 0 aliphatic carbocycles. The van der Waals surface area contributed by atoms with Gasteiger partial charge in [-0.25, -0.2) is 0 Å². The summed E-state index contributed by atoms with van der Waals surface area (Å²) in [6.45, 7) is 3.79. The third-order valence-corrected chi connectivity index (χ3v) is 1.35. The second kappa shape index (κ2) is 4.41. The van der Waals surface area contributed by atoms with E-state index < -0.39 is 6.10 Å². The maximum Gasteiger partial charge on any atom is 0.138 e. The number of aliphatic hydroxyl groups excluding tert-OH is 1.